The van der Waals surface area contributed by atoms with Gasteiger partial charge in [0.1, 0.15) is 0 Å². The Hall–Kier alpha value is -1.78. The summed E-state index contributed by atoms with van der Waals surface area (Å²) in [5, 5.41) is 12.2. The van der Waals surface area contributed by atoms with Crippen molar-refractivity contribution >= 4 is 5.69 Å². The maximum Gasteiger partial charge on any atom is 0.0825 e. The summed E-state index contributed by atoms with van der Waals surface area (Å²) >= 11 is 0. The molecule has 0 saturated heterocycles. The molecule has 0 spiro atoms. The Morgan fingerprint density at radius 1 is 1.26 bits per heavy atom. The molecule has 2 rings (SSSR count). The van der Waals surface area contributed by atoms with Crippen LogP contribution in [0, 0.1) is 12.8 Å². The van der Waals surface area contributed by atoms with Gasteiger partial charge in [-0.25, -0.2) is 0 Å². The predicted octanol–water partition coefficient (Wildman–Crippen LogP) is 2.68. The first-order chi connectivity index (χ1) is 9.08. The fourth-order valence-electron chi connectivity index (χ4n) is 2.02. The van der Waals surface area contributed by atoms with Crippen molar-refractivity contribution in [2.45, 2.75) is 47.3 Å². The Kier molecular flexibility index (Phi) is 4.24. The molecule has 19 heavy (non-hydrogen) atoms. The molecular formula is C14H23N5. The summed E-state index contributed by atoms with van der Waals surface area (Å²) in [6.07, 6.45) is 6.08. The van der Waals surface area contributed by atoms with Gasteiger partial charge < -0.3 is 5.32 Å². The highest BCUT2D eigenvalue weighted by Crippen LogP contribution is 2.13. The number of nitrogens with zero attached hydrogens (tertiary/aromatic N) is 4. The molecule has 0 amide bonds. The molecule has 5 nitrogen and oxygen atoms in total. The summed E-state index contributed by atoms with van der Waals surface area (Å²) in [5.41, 5.74) is 3.33. The fourth-order valence-corrected chi connectivity index (χ4v) is 2.02. The van der Waals surface area contributed by atoms with Crippen LogP contribution in [-0.4, -0.2) is 19.6 Å². The monoisotopic (exact) mass is 261 g/mol. The molecule has 0 bridgehead atoms. The van der Waals surface area contributed by atoms with E-state index in [9.17, 15) is 0 Å². The average molecular weight is 261 g/mol. The highest BCUT2D eigenvalue weighted by Gasteiger charge is 2.05. The highest BCUT2D eigenvalue weighted by molar-refractivity contribution is 5.45. The zero-order chi connectivity index (χ0) is 13.8. The minimum absolute atomic E-state index is 0.616. The van der Waals surface area contributed by atoms with Crippen molar-refractivity contribution in [3.05, 3.63) is 29.8 Å². The van der Waals surface area contributed by atoms with Gasteiger partial charge in [-0.2, -0.15) is 10.2 Å². The number of aryl methyl sites for hydroxylation is 2. The molecular weight excluding hydrogens is 238 g/mol. The molecule has 104 valence electrons. The second kappa shape index (κ2) is 5.91. The van der Waals surface area contributed by atoms with Gasteiger partial charge in [0.15, 0.2) is 0 Å². The van der Waals surface area contributed by atoms with E-state index in [1.165, 1.54) is 5.56 Å². The molecule has 0 radical (unpaired) electrons. The van der Waals surface area contributed by atoms with Crippen LogP contribution in [0.2, 0.25) is 0 Å². The summed E-state index contributed by atoms with van der Waals surface area (Å²) in [6.45, 7) is 11.2. The van der Waals surface area contributed by atoms with E-state index in [0.29, 0.717) is 5.92 Å². The summed E-state index contributed by atoms with van der Waals surface area (Å²) in [6, 6.07) is 0. The van der Waals surface area contributed by atoms with Crippen molar-refractivity contribution in [2.75, 3.05) is 5.32 Å². The van der Waals surface area contributed by atoms with E-state index in [2.05, 4.69) is 42.5 Å². The molecule has 0 fully saturated rings. The van der Waals surface area contributed by atoms with Crippen LogP contribution in [0.4, 0.5) is 5.69 Å². The zero-order valence-electron chi connectivity index (χ0n) is 12.2. The van der Waals surface area contributed by atoms with Crippen LogP contribution >= 0.6 is 0 Å². The molecule has 1 N–H and O–H groups in total. The molecule has 0 saturated carbocycles. The van der Waals surface area contributed by atoms with E-state index in [0.717, 1.165) is 31.0 Å². The summed E-state index contributed by atoms with van der Waals surface area (Å²) in [4.78, 5) is 0. The lowest BCUT2D eigenvalue weighted by Gasteiger charge is -2.04. The van der Waals surface area contributed by atoms with Crippen LogP contribution in [-0.2, 0) is 19.6 Å². The van der Waals surface area contributed by atoms with E-state index >= 15 is 0 Å². The van der Waals surface area contributed by atoms with E-state index in [4.69, 9.17) is 0 Å². The van der Waals surface area contributed by atoms with Gasteiger partial charge >= 0.3 is 0 Å². The van der Waals surface area contributed by atoms with Crippen molar-refractivity contribution in [2.24, 2.45) is 5.92 Å². The first-order valence-electron chi connectivity index (χ1n) is 6.87. The van der Waals surface area contributed by atoms with E-state index in [-0.39, 0.29) is 0 Å². The number of hydrogen-bond acceptors (Lipinski definition) is 3. The molecule has 0 unspecified atom stereocenters. The number of hydrogen-bond donors (Lipinski definition) is 1. The minimum atomic E-state index is 0.616. The molecule has 5 heteroatoms. The minimum Gasteiger partial charge on any atom is -0.378 e. The Labute approximate surface area is 114 Å². The van der Waals surface area contributed by atoms with Crippen LogP contribution in [0.5, 0.6) is 0 Å². The van der Waals surface area contributed by atoms with Gasteiger partial charge in [-0.1, -0.05) is 13.8 Å². The van der Waals surface area contributed by atoms with Gasteiger partial charge in [-0.15, -0.1) is 0 Å². The first kappa shape index (κ1) is 13.6. The van der Waals surface area contributed by atoms with Crippen LogP contribution in [0.15, 0.2) is 18.6 Å². The van der Waals surface area contributed by atoms with Gasteiger partial charge in [-0.05, 0) is 19.8 Å². The first-order valence-corrected chi connectivity index (χ1v) is 6.87. The molecule has 0 aliphatic heterocycles. The molecule has 0 atom stereocenters. The molecule has 2 aromatic heterocycles. The number of rotatable bonds is 6. The third kappa shape index (κ3) is 3.59. The largest absolute Gasteiger partial charge is 0.378 e. The lowest BCUT2D eigenvalue weighted by Crippen LogP contribution is -2.04. The maximum absolute atomic E-state index is 4.42. The normalized spacial score (nSPS) is 11.2. The Morgan fingerprint density at radius 2 is 2.05 bits per heavy atom. The van der Waals surface area contributed by atoms with Crippen molar-refractivity contribution in [1.29, 1.82) is 0 Å². The molecule has 0 aliphatic carbocycles. The summed E-state index contributed by atoms with van der Waals surface area (Å²) in [7, 11) is 0. The van der Waals surface area contributed by atoms with Gasteiger partial charge in [0.2, 0.25) is 0 Å². The van der Waals surface area contributed by atoms with Crippen molar-refractivity contribution in [3.8, 4) is 0 Å². The quantitative estimate of drug-likeness (QED) is 0.869. The number of nitrogens with one attached hydrogen (secondary N) is 1. The lowest BCUT2D eigenvalue weighted by molar-refractivity contribution is 0.483. The fraction of sp³-hybridized carbons (Fsp3) is 0.571. The van der Waals surface area contributed by atoms with E-state index in [1.54, 1.807) is 0 Å². The van der Waals surface area contributed by atoms with E-state index in [1.807, 2.05) is 28.7 Å². The van der Waals surface area contributed by atoms with Gasteiger partial charge in [0, 0.05) is 37.6 Å². The Bertz CT molecular complexity index is 524. The van der Waals surface area contributed by atoms with Gasteiger partial charge in [0.25, 0.3) is 0 Å². The van der Waals surface area contributed by atoms with Crippen molar-refractivity contribution in [1.82, 2.24) is 19.6 Å². The van der Waals surface area contributed by atoms with Crippen LogP contribution < -0.4 is 5.32 Å². The molecule has 0 aliphatic rings. The average Bonchev–Trinajstić information content (AvgIpc) is 2.93. The number of anilines is 1. The van der Waals surface area contributed by atoms with E-state index < -0.39 is 0 Å². The summed E-state index contributed by atoms with van der Waals surface area (Å²) < 4.78 is 3.95. The van der Waals surface area contributed by atoms with Crippen molar-refractivity contribution < 1.29 is 0 Å². The Balaban J connectivity index is 1.94. The highest BCUT2D eigenvalue weighted by atomic mass is 15.3. The third-order valence-corrected chi connectivity index (χ3v) is 2.99. The third-order valence-electron chi connectivity index (χ3n) is 2.99. The second-order valence-electron chi connectivity index (χ2n) is 5.30. The molecule has 0 aromatic carbocycles. The topological polar surface area (TPSA) is 47.7 Å². The standard InChI is InChI=1S/C14H23N5/c1-5-18-10-14(12(4)17-18)15-6-13-7-16-19(9-13)8-11(2)3/h7,9-11,15H,5-6,8H2,1-4H3. The number of aromatic nitrogens is 4. The lowest BCUT2D eigenvalue weighted by atomic mass is 10.2. The SMILES string of the molecule is CCn1cc(NCc2cnn(CC(C)C)c2)c(C)n1. The molecule has 2 heterocycles. The Morgan fingerprint density at radius 3 is 2.68 bits per heavy atom. The van der Waals surface area contributed by atoms with Crippen molar-refractivity contribution in [3.63, 3.8) is 0 Å². The smallest absolute Gasteiger partial charge is 0.0825 e. The van der Waals surface area contributed by atoms with Crippen LogP contribution in [0.3, 0.4) is 0 Å². The van der Waals surface area contributed by atoms with Crippen LogP contribution in [0.25, 0.3) is 0 Å². The molecule has 2 aromatic rings. The predicted molar refractivity (Wildman–Crippen MR) is 77.0 cm³/mol. The maximum atomic E-state index is 4.42. The van der Waals surface area contributed by atoms with Gasteiger partial charge in [0.05, 0.1) is 17.6 Å². The summed E-state index contributed by atoms with van der Waals surface area (Å²) in [5.74, 6) is 0.616. The van der Waals surface area contributed by atoms with Crippen LogP contribution in [0.1, 0.15) is 32.0 Å². The second-order valence-corrected chi connectivity index (χ2v) is 5.30. The zero-order valence-corrected chi connectivity index (χ0v) is 12.2. The van der Waals surface area contributed by atoms with Gasteiger partial charge in [-0.3, -0.25) is 9.36 Å².